The summed E-state index contributed by atoms with van der Waals surface area (Å²) in [5, 5.41) is 9.59. The van der Waals surface area contributed by atoms with E-state index in [0.29, 0.717) is 5.69 Å². The summed E-state index contributed by atoms with van der Waals surface area (Å²) in [4.78, 5) is 26.7. The van der Waals surface area contributed by atoms with E-state index in [1.807, 2.05) is 48.5 Å². The van der Waals surface area contributed by atoms with Crippen LogP contribution in [0.3, 0.4) is 0 Å². The fourth-order valence-electron chi connectivity index (χ4n) is 2.82. The first-order valence-corrected chi connectivity index (χ1v) is 8.14. The smallest absolute Gasteiger partial charge is 0.263 e. The average molecular weight is 418 g/mol. The zero-order chi connectivity index (χ0) is 16.0. The zero-order valence-corrected chi connectivity index (χ0v) is 14.0. The van der Waals surface area contributed by atoms with Crippen LogP contribution in [0, 0.1) is 3.57 Å². The number of hydrogen-bond donors (Lipinski definition) is 0. The number of hydrogen-bond acceptors (Lipinski definition) is 5. The largest absolute Gasteiger partial charge is 0.271 e. The van der Waals surface area contributed by atoms with Gasteiger partial charge in [-0.25, -0.2) is 9.91 Å². The van der Waals surface area contributed by atoms with E-state index in [1.165, 1.54) is 9.91 Å². The molecule has 0 bridgehead atoms. The summed E-state index contributed by atoms with van der Waals surface area (Å²) >= 11 is 2.12. The molecule has 6 nitrogen and oxygen atoms in total. The molecular formula is C16H11IN4O2. The Balaban J connectivity index is 1.74. The Bertz CT molecular complexity index is 824. The second-order valence-corrected chi connectivity index (χ2v) is 6.40. The van der Waals surface area contributed by atoms with Crippen molar-refractivity contribution in [2.75, 3.05) is 9.91 Å². The maximum Gasteiger partial charge on any atom is 0.263 e. The monoisotopic (exact) mass is 418 g/mol. The van der Waals surface area contributed by atoms with Crippen molar-refractivity contribution in [1.29, 1.82) is 0 Å². The van der Waals surface area contributed by atoms with E-state index >= 15 is 0 Å². The van der Waals surface area contributed by atoms with Gasteiger partial charge >= 0.3 is 0 Å². The standard InChI is InChI=1S/C16H11IN4O2/c17-11-8-4-5-9-12(11)20-15(22)13-14(16(20)23)21(19-18-13)10-6-2-1-3-7-10/h1-9,13-14H. The number of benzene rings is 2. The summed E-state index contributed by atoms with van der Waals surface area (Å²) < 4.78 is 0.843. The van der Waals surface area contributed by atoms with Crippen LogP contribution in [0.2, 0.25) is 0 Å². The Morgan fingerprint density at radius 2 is 1.61 bits per heavy atom. The first kappa shape index (κ1) is 14.3. The molecule has 7 heteroatoms. The predicted molar refractivity (Wildman–Crippen MR) is 93.0 cm³/mol. The lowest BCUT2D eigenvalue weighted by atomic mass is 10.1. The molecule has 0 N–H and O–H groups in total. The second-order valence-electron chi connectivity index (χ2n) is 5.24. The van der Waals surface area contributed by atoms with Crippen LogP contribution in [0.15, 0.2) is 64.9 Å². The molecule has 2 aliphatic rings. The topological polar surface area (TPSA) is 65.3 Å². The minimum atomic E-state index is -0.779. The number of amides is 2. The second kappa shape index (κ2) is 5.41. The van der Waals surface area contributed by atoms with E-state index in [0.717, 1.165) is 9.26 Å². The van der Waals surface area contributed by atoms with Gasteiger partial charge in [-0.2, -0.15) is 5.11 Å². The molecule has 2 heterocycles. The van der Waals surface area contributed by atoms with Gasteiger partial charge in [0, 0.05) is 3.57 Å². The molecule has 0 saturated carbocycles. The minimum absolute atomic E-state index is 0.294. The van der Waals surface area contributed by atoms with E-state index < -0.39 is 12.1 Å². The first-order chi connectivity index (χ1) is 11.2. The number of imide groups is 1. The number of para-hydroxylation sites is 2. The number of anilines is 2. The van der Waals surface area contributed by atoms with Crippen LogP contribution < -0.4 is 9.91 Å². The molecule has 23 heavy (non-hydrogen) atoms. The van der Waals surface area contributed by atoms with Crippen LogP contribution >= 0.6 is 22.6 Å². The van der Waals surface area contributed by atoms with Gasteiger partial charge in [0.15, 0.2) is 12.1 Å². The maximum absolute atomic E-state index is 12.9. The van der Waals surface area contributed by atoms with Gasteiger partial charge in [0.1, 0.15) is 0 Å². The molecule has 1 fully saturated rings. The highest BCUT2D eigenvalue weighted by molar-refractivity contribution is 14.1. The van der Waals surface area contributed by atoms with Crippen LogP contribution in [0.5, 0.6) is 0 Å². The van der Waals surface area contributed by atoms with Crippen LogP contribution in [0.1, 0.15) is 0 Å². The quantitative estimate of drug-likeness (QED) is 0.557. The van der Waals surface area contributed by atoms with E-state index in [9.17, 15) is 9.59 Å². The summed E-state index contributed by atoms with van der Waals surface area (Å²) in [7, 11) is 0. The Morgan fingerprint density at radius 1 is 0.913 bits per heavy atom. The molecule has 0 radical (unpaired) electrons. The Kier molecular flexibility index (Phi) is 3.37. The van der Waals surface area contributed by atoms with Crippen LogP contribution in [-0.2, 0) is 9.59 Å². The summed E-state index contributed by atoms with van der Waals surface area (Å²) in [6.07, 6.45) is 0. The lowest BCUT2D eigenvalue weighted by molar-refractivity contribution is -0.121. The number of halogens is 1. The minimum Gasteiger partial charge on any atom is -0.271 e. The summed E-state index contributed by atoms with van der Waals surface area (Å²) in [5.74, 6) is -0.621. The normalized spacial score (nSPS) is 22.8. The third kappa shape index (κ3) is 2.14. The molecule has 4 rings (SSSR count). The highest BCUT2D eigenvalue weighted by Gasteiger charge is 2.55. The highest BCUT2D eigenvalue weighted by atomic mass is 127. The molecule has 0 spiro atoms. The van der Waals surface area contributed by atoms with Crippen LogP contribution in [-0.4, -0.2) is 23.9 Å². The molecule has 114 valence electrons. The molecule has 2 atom stereocenters. The van der Waals surface area contributed by atoms with E-state index in [-0.39, 0.29) is 11.8 Å². The molecule has 2 aromatic carbocycles. The Hall–Kier alpha value is -2.29. The molecule has 2 aromatic rings. The van der Waals surface area contributed by atoms with Gasteiger partial charge in [-0.1, -0.05) is 35.6 Å². The van der Waals surface area contributed by atoms with Crippen LogP contribution in [0.4, 0.5) is 11.4 Å². The fraction of sp³-hybridized carbons (Fsp3) is 0.125. The molecule has 2 unspecified atom stereocenters. The van der Waals surface area contributed by atoms with Crippen molar-refractivity contribution in [3.63, 3.8) is 0 Å². The lowest BCUT2D eigenvalue weighted by Crippen LogP contribution is -2.40. The number of carbonyl (C=O) groups is 2. The van der Waals surface area contributed by atoms with Crippen molar-refractivity contribution in [2.24, 2.45) is 10.3 Å². The van der Waals surface area contributed by atoms with Gasteiger partial charge in [0.2, 0.25) is 0 Å². The maximum atomic E-state index is 12.9. The molecule has 2 aliphatic heterocycles. The van der Waals surface area contributed by atoms with Crippen molar-refractivity contribution in [3.05, 3.63) is 58.2 Å². The first-order valence-electron chi connectivity index (χ1n) is 7.06. The third-order valence-corrected chi connectivity index (χ3v) is 4.81. The Labute approximate surface area is 145 Å². The fourth-order valence-corrected chi connectivity index (χ4v) is 3.45. The SMILES string of the molecule is O=C1C2N=NN(c3ccccc3)C2C(=O)N1c1ccccc1I. The molecule has 1 saturated heterocycles. The molecular weight excluding hydrogens is 407 g/mol. The average Bonchev–Trinajstić information content (AvgIpc) is 3.11. The van der Waals surface area contributed by atoms with Gasteiger partial charge in [-0.15, -0.1) is 0 Å². The summed E-state index contributed by atoms with van der Waals surface area (Å²) in [6, 6.07) is 15.1. The van der Waals surface area contributed by atoms with Crippen molar-refractivity contribution in [1.82, 2.24) is 0 Å². The van der Waals surface area contributed by atoms with Gasteiger partial charge in [-0.05, 0) is 46.9 Å². The zero-order valence-electron chi connectivity index (χ0n) is 11.8. The third-order valence-electron chi connectivity index (χ3n) is 3.90. The van der Waals surface area contributed by atoms with E-state index in [4.69, 9.17) is 0 Å². The Morgan fingerprint density at radius 3 is 2.35 bits per heavy atom. The van der Waals surface area contributed by atoms with E-state index in [1.54, 1.807) is 6.07 Å². The van der Waals surface area contributed by atoms with Gasteiger partial charge in [0.05, 0.1) is 11.4 Å². The molecule has 0 aromatic heterocycles. The van der Waals surface area contributed by atoms with Crippen molar-refractivity contribution < 1.29 is 9.59 Å². The van der Waals surface area contributed by atoms with Crippen molar-refractivity contribution >= 4 is 45.8 Å². The highest BCUT2D eigenvalue weighted by Crippen LogP contribution is 2.36. The van der Waals surface area contributed by atoms with Gasteiger partial charge in [0.25, 0.3) is 11.8 Å². The van der Waals surface area contributed by atoms with Crippen molar-refractivity contribution in [3.8, 4) is 0 Å². The predicted octanol–water partition coefficient (Wildman–Crippen LogP) is 2.79. The number of nitrogens with zero attached hydrogens (tertiary/aromatic N) is 4. The molecule has 0 aliphatic carbocycles. The van der Waals surface area contributed by atoms with Gasteiger partial charge in [-0.3, -0.25) is 9.59 Å². The molecule has 2 amide bonds. The number of rotatable bonds is 2. The lowest BCUT2D eigenvalue weighted by Gasteiger charge is -2.21. The number of carbonyl (C=O) groups excluding carboxylic acids is 2. The van der Waals surface area contributed by atoms with Crippen LogP contribution in [0.25, 0.3) is 0 Å². The van der Waals surface area contributed by atoms with Gasteiger partial charge < -0.3 is 0 Å². The summed E-state index contributed by atoms with van der Waals surface area (Å²) in [5.41, 5.74) is 1.34. The summed E-state index contributed by atoms with van der Waals surface area (Å²) in [6.45, 7) is 0. The number of fused-ring (bicyclic) bond motifs is 1. The van der Waals surface area contributed by atoms with E-state index in [2.05, 4.69) is 32.9 Å². The van der Waals surface area contributed by atoms with Crippen molar-refractivity contribution in [2.45, 2.75) is 12.1 Å².